The number of amides is 4. The van der Waals surface area contributed by atoms with E-state index in [1.807, 2.05) is 20.8 Å². The summed E-state index contributed by atoms with van der Waals surface area (Å²) >= 11 is 0. The molecule has 1 rings (SSSR count). The third kappa shape index (κ3) is 7.40. The van der Waals surface area contributed by atoms with E-state index in [0.29, 0.717) is 13.0 Å². The van der Waals surface area contributed by atoms with Crippen molar-refractivity contribution in [2.75, 3.05) is 6.54 Å². The molecule has 2 unspecified atom stereocenters. The molecule has 0 aromatic carbocycles. The van der Waals surface area contributed by atoms with Gasteiger partial charge in [-0.3, -0.25) is 14.4 Å². The minimum absolute atomic E-state index is 0.103. The molecule has 1 saturated heterocycles. The predicted octanol–water partition coefficient (Wildman–Crippen LogP) is -0.227. The zero-order valence-electron chi connectivity index (χ0n) is 15.0. The first-order valence-corrected chi connectivity index (χ1v) is 8.33. The van der Waals surface area contributed by atoms with E-state index < -0.39 is 36.0 Å². The van der Waals surface area contributed by atoms with Crippen LogP contribution >= 0.6 is 0 Å². The molecule has 6 N–H and O–H groups in total. The van der Waals surface area contributed by atoms with Crippen LogP contribution in [0, 0.1) is 11.3 Å². The van der Waals surface area contributed by atoms with Gasteiger partial charge in [0.25, 0.3) is 5.91 Å². The van der Waals surface area contributed by atoms with Crippen LogP contribution < -0.4 is 22.1 Å². The maximum absolute atomic E-state index is 12.4. The Hall–Kier alpha value is -2.32. The van der Waals surface area contributed by atoms with E-state index in [-0.39, 0.29) is 24.2 Å². The Kier molecular flexibility index (Phi) is 7.20. The molecule has 0 spiro atoms. The number of hydrogen-bond acceptors (Lipinski definition) is 5. The molecule has 1 aliphatic heterocycles. The molecule has 142 valence electrons. The van der Waals surface area contributed by atoms with E-state index in [1.54, 1.807) is 0 Å². The molecular formula is C16H28N4O5. The molecule has 0 saturated carbocycles. The summed E-state index contributed by atoms with van der Waals surface area (Å²) in [7, 11) is 0. The van der Waals surface area contributed by atoms with Crippen LogP contribution in [0.1, 0.15) is 46.5 Å². The highest BCUT2D eigenvalue weighted by Gasteiger charge is 2.33. The molecule has 9 heteroatoms. The van der Waals surface area contributed by atoms with E-state index in [0.717, 1.165) is 6.42 Å². The number of ether oxygens (including phenoxy) is 1. The van der Waals surface area contributed by atoms with Gasteiger partial charge in [0.2, 0.25) is 11.8 Å². The zero-order chi connectivity index (χ0) is 19.2. The van der Waals surface area contributed by atoms with Gasteiger partial charge in [-0.05, 0) is 31.1 Å². The second-order valence-electron chi connectivity index (χ2n) is 7.52. The van der Waals surface area contributed by atoms with Crippen LogP contribution in [-0.4, -0.2) is 42.5 Å². The quantitative estimate of drug-likeness (QED) is 0.496. The van der Waals surface area contributed by atoms with E-state index in [2.05, 4.69) is 10.6 Å². The van der Waals surface area contributed by atoms with Gasteiger partial charge in [-0.2, -0.15) is 0 Å². The van der Waals surface area contributed by atoms with Gasteiger partial charge in [0.1, 0.15) is 6.04 Å². The number of nitrogens with two attached hydrogens (primary N) is 2. The fraction of sp³-hybridized carbons (Fsp3) is 0.750. The SMILES string of the molecule is CC(C)(C)CC(OC(N)=O)C(=O)NC(C[C@@H]1CCCNC1=O)C(N)=O. The molecule has 1 aliphatic rings. The largest absolute Gasteiger partial charge is 0.436 e. The van der Waals surface area contributed by atoms with Gasteiger partial charge in [0.15, 0.2) is 6.10 Å². The lowest BCUT2D eigenvalue weighted by atomic mass is 9.88. The minimum Gasteiger partial charge on any atom is -0.436 e. The lowest BCUT2D eigenvalue weighted by Gasteiger charge is -2.28. The Bertz CT molecular complexity index is 529. The van der Waals surface area contributed by atoms with Crippen LogP contribution in [0.3, 0.4) is 0 Å². The lowest BCUT2D eigenvalue weighted by molar-refractivity contribution is -0.135. The first kappa shape index (κ1) is 20.7. The van der Waals surface area contributed by atoms with E-state index >= 15 is 0 Å². The van der Waals surface area contributed by atoms with Crippen LogP contribution in [0.4, 0.5) is 4.79 Å². The van der Waals surface area contributed by atoms with Crippen molar-refractivity contribution in [3.05, 3.63) is 0 Å². The molecule has 3 atom stereocenters. The summed E-state index contributed by atoms with van der Waals surface area (Å²) in [6.07, 6.45) is -0.476. The van der Waals surface area contributed by atoms with Gasteiger partial charge in [-0.1, -0.05) is 20.8 Å². The second-order valence-corrected chi connectivity index (χ2v) is 7.52. The third-order valence-corrected chi connectivity index (χ3v) is 3.93. The summed E-state index contributed by atoms with van der Waals surface area (Å²) in [5.74, 6) is -1.97. The van der Waals surface area contributed by atoms with Gasteiger partial charge >= 0.3 is 6.09 Å². The maximum atomic E-state index is 12.4. The lowest BCUT2D eigenvalue weighted by Crippen LogP contribution is -2.52. The normalized spacial score (nSPS) is 20.1. The highest BCUT2D eigenvalue weighted by molar-refractivity contribution is 5.90. The van der Waals surface area contributed by atoms with Gasteiger partial charge in [-0.15, -0.1) is 0 Å². The predicted molar refractivity (Wildman–Crippen MR) is 90.0 cm³/mol. The first-order valence-electron chi connectivity index (χ1n) is 8.33. The van der Waals surface area contributed by atoms with Crippen molar-refractivity contribution in [3.63, 3.8) is 0 Å². The van der Waals surface area contributed by atoms with E-state index in [9.17, 15) is 19.2 Å². The molecule has 1 heterocycles. The molecule has 25 heavy (non-hydrogen) atoms. The third-order valence-electron chi connectivity index (χ3n) is 3.93. The van der Waals surface area contributed by atoms with Crippen LogP contribution in [0.2, 0.25) is 0 Å². The summed E-state index contributed by atoms with van der Waals surface area (Å²) < 4.78 is 4.88. The summed E-state index contributed by atoms with van der Waals surface area (Å²) in [5.41, 5.74) is 10.1. The monoisotopic (exact) mass is 356 g/mol. The van der Waals surface area contributed by atoms with Crippen LogP contribution in [0.25, 0.3) is 0 Å². The topological polar surface area (TPSA) is 154 Å². The highest BCUT2D eigenvalue weighted by atomic mass is 16.6. The number of carbonyl (C=O) groups is 4. The average molecular weight is 356 g/mol. The summed E-state index contributed by atoms with van der Waals surface area (Å²) in [6, 6.07) is -1.03. The molecular weight excluding hydrogens is 328 g/mol. The molecule has 0 radical (unpaired) electrons. The van der Waals surface area contributed by atoms with Gasteiger partial charge in [0.05, 0.1) is 0 Å². The van der Waals surface area contributed by atoms with Crippen LogP contribution in [0.5, 0.6) is 0 Å². The van der Waals surface area contributed by atoms with Crippen LogP contribution in [-0.2, 0) is 19.1 Å². The number of hydrogen-bond donors (Lipinski definition) is 4. The zero-order valence-corrected chi connectivity index (χ0v) is 15.0. The smallest absolute Gasteiger partial charge is 0.405 e. The standard InChI is InChI=1S/C16H28N4O5/c1-16(2,3)8-11(25-15(18)24)14(23)20-10(12(17)21)7-9-5-4-6-19-13(9)22/h9-11H,4-8H2,1-3H3,(H2,17,21)(H2,18,24)(H,19,22)(H,20,23)/t9-,10?,11?/m0/s1. The fourth-order valence-corrected chi connectivity index (χ4v) is 2.74. The van der Waals surface area contributed by atoms with E-state index in [4.69, 9.17) is 16.2 Å². The average Bonchev–Trinajstić information content (AvgIpc) is 2.45. The van der Waals surface area contributed by atoms with E-state index in [1.165, 1.54) is 0 Å². The summed E-state index contributed by atoms with van der Waals surface area (Å²) in [5, 5.41) is 5.21. The minimum atomic E-state index is -1.14. The Labute approximate surface area is 147 Å². The van der Waals surface area contributed by atoms with Crippen molar-refractivity contribution in [1.29, 1.82) is 0 Å². The number of nitrogens with one attached hydrogen (secondary N) is 2. The summed E-state index contributed by atoms with van der Waals surface area (Å²) in [4.78, 5) is 47.0. The van der Waals surface area contributed by atoms with Crippen molar-refractivity contribution in [2.45, 2.75) is 58.6 Å². The first-order chi connectivity index (χ1) is 11.5. The van der Waals surface area contributed by atoms with Crippen molar-refractivity contribution >= 4 is 23.8 Å². The van der Waals surface area contributed by atoms with Gasteiger partial charge < -0.3 is 26.8 Å². The number of piperidine rings is 1. The Morgan fingerprint density at radius 2 is 1.96 bits per heavy atom. The molecule has 0 aromatic heterocycles. The summed E-state index contributed by atoms with van der Waals surface area (Å²) in [6.45, 7) is 6.21. The Morgan fingerprint density at radius 3 is 2.44 bits per heavy atom. The van der Waals surface area contributed by atoms with Crippen LogP contribution in [0.15, 0.2) is 0 Å². The Balaban J connectivity index is 2.79. The van der Waals surface area contributed by atoms with Crippen molar-refractivity contribution in [1.82, 2.24) is 10.6 Å². The van der Waals surface area contributed by atoms with Crippen molar-refractivity contribution in [3.8, 4) is 0 Å². The van der Waals surface area contributed by atoms with Gasteiger partial charge in [0, 0.05) is 12.5 Å². The molecule has 0 aliphatic carbocycles. The number of rotatable bonds is 7. The van der Waals surface area contributed by atoms with Gasteiger partial charge in [-0.25, -0.2) is 4.79 Å². The maximum Gasteiger partial charge on any atom is 0.405 e. The number of carbonyl (C=O) groups excluding carboxylic acids is 4. The molecule has 4 amide bonds. The second kappa shape index (κ2) is 8.68. The fourth-order valence-electron chi connectivity index (χ4n) is 2.74. The highest BCUT2D eigenvalue weighted by Crippen LogP contribution is 2.23. The molecule has 1 fully saturated rings. The molecule has 0 aromatic rings. The Morgan fingerprint density at radius 1 is 1.32 bits per heavy atom. The molecule has 0 bridgehead atoms. The van der Waals surface area contributed by atoms with Crippen molar-refractivity contribution < 1.29 is 23.9 Å². The van der Waals surface area contributed by atoms with Crippen molar-refractivity contribution in [2.24, 2.45) is 22.8 Å². The number of primary amides is 2. The molecule has 9 nitrogen and oxygen atoms in total.